The number of amidine groups is 1. The van der Waals surface area contributed by atoms with Gasteiger partial charge in [-0.3, -0.25) is 20.0 Å². The second-order valence-corrected chi connectivity index (χ2v) is 7.90. The largest absolute Gasteiger partial charge is 0.335 e. The number of aliphatic imine (C=N–C) groups is 1. The molecule has 1 aromatic heterocycles. The molecule has 0 bridgehead atoms. The Kier molecular flexibility index (Phi) is 5.77. The van der Waals surface area contributed by atoms with Crippen LogP contribution in [-0.4, -0.2) is 45.9 Å². The number of hydrazine groups is 1. The number of hydrogen-bond acceptors (Lipinski definition) is 5. The van der Waals surface area contributed by atoms with E-state index in [0.29, 0.717) is 12.2 Å². The molecular formula is C24H26N6O2. The van der Waals surface area contributed by atoms with Crippen LogP contribution in [0.1, 0.15) is 22.5 Å². The summed E-state index contributed by atoms with van der Waals surface area (Å²) in [5, 5.41) is 6.03. The molecule has 0 spiro atoms. The van der Waals surface area contributed by atoms with Gasteiger partial charge in [-0.25, -0.2) is 9.69 Å². The summed E-state index contributed by atoms with van der Waals surface area (Å²) < 4.78 is 1.89. The van der Waals surface area contributed by atoms with E-state index in [2.05, 4.69) is 15.5 Å². The average Bonchev–Trinajstić information content (AvgIpc) is 3.08. The van der Waals surface area contributed by atoms with E-state index in [1.807, 2.05) is 80.1 Å². The minimum Gasteiger partial charge on any atom is -0.335 e. The summed E-state index contributed by atoms with van der Waals surface area (Å²) in [6.07, 6.45) is 0. The number of carbonyl (C=O) groups excluding carboxylic acids is 2. The monoisotopic (exact) mass is 430 g/mol. The van der Waals surface area contributed by atoms with E-state index in [9.17, 15) is 9.59 Å². The predicted molar refractivity (Wildman–Crippen MR) is 124 cm³/mol. The van der Waals surface area contributed by atoms with Gasteiger partial charge in [0.25, 0.3) is 11.8 Å². The minimum absolute atomic E-state index is 0.0835. The standard InChI is InChI=1S/C24H26N6O2/c1-16-10-12-20(13-11-16)30-22(31)14-25-23(27-30)24(32)28(4)15-21-17(2)26-29(18(21)3)19-8-6-5-7-9-19/h5-13H,14-15H2,1-4H3,(H,25,27). The van der Waals surface area contributed by atoms with Crippen molar-refractivity contribution in [2.45, 2.75) is 27.3 Å². The van der Waals surface area contributed by atoms with Gasteiger partial charge in [-0.05, 0) is 45.0 Å². The number of nitrogens with zero attached hydrogens (tertiary/aromatic N) is 5. The summed E-state index contributed by atoms with van der Waals surface area (Å²) in [5.74, 6) is -0.372. The van der Waals surface area contributed by atoms with Crippen molar-refractivity contribution in [3.63, 3.8) is 0 Å². The number of hydrogen-bond donors (Lipinski definition) is 1. The lowest BCUT2D eigenvalue weighted by atomic mass is 10.2. The van der Waals surface area contributed by atoms with E-state index in [-0.39, 0.29) is 24.2 Å². The topological polar surface area (TPSA) is 82.8 Å². The van der Waals surface area contributed by atoms with Crippen LogP contribution in [0.4, 0.5) is 5.69 Å². The number of carbonyl (C=O) groups is 2. The van der Waals surface area contributed by atoms with Crippen molar-refractivity contribution in [1.29, 1.82) is 0 Å². The van der Waals surface area contributed by atoms with Gasteiger partial charge in [0.05, 0.1) is 17.1 Å². The Morgan fingerprint density at radius 3 is 2.41 bits per heavy atom. The molecule has 1 aliphatic heterocycles. The van der Waals surface area contributed by atoms with Crippen LogP contribution in [0.15, 0.2) is 59.6 Å². The molecule has 3 aromatic rings. The van der Waals surface area contributed by atoms with Crippen LogP contribution in [-0.2, 0) is 16.1 Å². The number of aryl methyl sites for hydroxylation is 2. The molecule has 0 fully saturated rings. The van der Waals surface area contributed by atoms with Crippen LogP contribution >= 0.6 is 0 Å². The number of benzene rings is 2. The molecule has 0 unspecified atom stereocenters. The van der Waals surface area contributed by atoms with E-state index in [4.69, 9.17) is 0 Å². The fourth-order valence-electron chi connectivity index (χ4n) is 3.65. The van der Waals surface area contributed by atoms with Gasteiger partial charge in [0.2, 0.25) is 5.84 Å². The van der Waals surface area contributed by atoms with Gasteiger partial charge in [0, 0.05) is 24.8 Å². The van der Waals surface area contributed by atoms with Crippen molar-refractivity contribution in [3.05, 3.63) is 77.1 Å². The Bertz CT molecular complexity index is 1180. The van der Waals surface area contributed by atoms with Crippen LogP contribution in [0, 0.1) is 20.8 Å². The number of rotatable bonds is 5. The molecule has 0 saturated heterocycles. The van der Waals surface area contributed by atoms with Gasteiger partial charge in [0.1, 0.15) is 6.54 Å². The second-order valence-electron chi connectivity index (χ2n) is 7.90. The summed E-state index contributed by atoms with van der Waals surface area (Å²) in [6.45, 7) is 6.20. The van der Waals surface area contributed by atoms with Crippen molar-refractivity contribution >= 4 is 23.3 Å². The maximum absolute atomic E-state index is 13.1. The molecule has 32 heavy (non-hydrogen) atoms. The van der Waals surface area contributed by atoms with Crippen LogP contribution < -0.4 is 10.4 Å². The Balaban J connectivity index is 1.51. The van der Waals surface area contributed by atoms with Gasteiger partial charge >= 0.3 is 0 Å². The Morgan fingerprint density at radius 2 is 1.72 bits per heavy atom. The maximum atomic E-state index is 13.1. The summed E-state index contributed by atoms with van der Waals surface area (Å²) in [6, 6.07) is 17.4. The third-order valence-electron chi connectivity index (χ3n) is 5.52. The lowest BCUT2D eigenvalue weighted by Gasteiger charge is -2.29. The first kappa shape index (κ1) is 21.3. The molecular weight excluding hydrogens is 404 g/mol. The van der Waals surface area contributed by atoms with E-state index in [1.54, 1.807) is 11.9 Å². The number of likely N-dealkylation sites (N-methyl/N-ethyl adjacent to an activating group) is 1. The number of anilines is 1. The highest BCUT2D eigenvalue weighted by Gasteiger charge is 2.28. The molecule has 2 heterocycles. The van der Waals surface area contributed by atoms with Gasteiger partial charge in [-0.1, -0.05) is 35.9 Å². The first-order valence-electron chi connectivity index (χ1n) is 10.4. The SMILES string of the molecule is Cc1ccc(N2NC(C(=O)N(C)Cc3c(C)nn(-c4ccccc4)c3C)=NCC2=O)cc1. The molecule has 2 amide bonds. The van der Waals surface area contributed by atoms with Crippen LogP contribution in [0.5, 0.6) is 0 Å². The normalized spacial score (nSPS) is 13.6. The lowest BCUT2D eigenvalue weighted by Crippen LogP contribution is -2.55. The molecule has 0 saturated carbocycles. The van der Waals surface area contributed by atoms with Crippen LogP contribution in [0.25, 0.3) is 5.69 Å². The van der Waals surface area contributed by atoms with Crippen molar-refractivity contribution in [3.8, 4) is 5.69 Å². The Morgan fingerprint density at radius 1 is 1.03 bits per heavy atom. The molecule has 0 atom stereocenters. The number of amides is 2. The van der Waals surface area contributed by atoms with E-state index in [0.717, 1.165) is 28.2 Å². The molecule has 4 rings (SSSR count). The van der Waals surface area contributed by atoms with E-state index < -0.39 is 0 Å². The molecule has 164 valence electrons. The molecule has 8 heteroatoms. The fourth-order valence-corrected chi connectivity index (χ4v) is 3.65. The number of para-hydroxylation sites is 1. The summed E-state index contributed by atoms with van der Waals surface area (Å²) in [5.41, 5.74) is 8.43. The Hall–Kier alpha value is -3.94. The first-order valence-corrected chi connectivity index (χ1v) is 10.4. The van der Waals surface area contributed by atoms with Gasteiger partial charge < -0.3 is 4.90 Å². The van der Waals surface area contributed by atoms with Crippen molar-refractivity contribution in [2.24, 2.45) is 4.99 Å². The lowest BCUT2D eigenvalue weighted by molar-refractivity contribution is -0.123. The van der Waals surface area contributed by atoms with E-state index >= 15 is 0 Å². The predicted octanol–water partition coefficient (Wildman–Crippen LogP) is 2.71. The van der Waals surface area contributed by atoms with Gasteiger partial charge in [0.15, 0.2) is 0 Å². The fraction of sp³-hybridized carbons (Fsp3) is 0.250. The summed E-state index contributed by atoms with van der Waals surface area (Å²) in [4.78, 5) is 31.2. The maximum Gasteiger partial charge on any atom is 0.290 e. The van der Waals surface area contributed by atoms with Gasteiger partial charge in [-0.2, -0.15) is 5.10 Å². The quantitative estimate of drug-likeness (QED) is 0.675. The molecule has 0 radical (unpaired) electrons. The Labute approximate surface area is 187 Å². The number of nitrogens with one attached hydrogen (secondary N) is 1. The third kappa shape index (κ3) is 4.12. The molecule has 2 aromatic carbocycles. The smallest absolute Gasteiger partial charge is 0.290 e. The highest BCUT2D eigenvalue weighted by atomic mass is 16.2. The summed E-state index contributed by atoms with van der Waals surface area (Å²) in [7, 11) is 1.72. The number of aromatic nitrogens is 2. The van der Waals surface area contributed by atoms with Crippen molar-refractivity contribution in [1.82, 2.24) is 20.1 Å². The zero-order valence-corrected chi connectivity index (χ0v) is 18.7. The van der Waals surface area contributed by atoms with E-state index in [1.165, 1.54) is 5.01 Å². The van der Waals surface area contributed by atoms with Crippen LogP contribution in [0.3, 0.4) is 0 Å². The third-order valence-corrected chi connectivity index (χ3v) is 5.52. The molecule has 0 aliphatic carbocycles. The molecule has 1 N–H and O–H groups in total. The minimum atomic E-state index is -0.291. The van der Waals surface area contributed by atoms with Gasteiger partial charge in [-0.15, -0.1) is 0 Å². The average molecular weight is 431 g/mol. The summed E-state index contributed by atoms with van der Waals surface area (Å²) >= 11 is 0. The molecule has 1 aliphatic rings. The highest BCUT2D eigenvalue weighted by molar-refractivity contribution is 6.39. The van der Waals surface area contributed by atoms with Crippen molar-refractivity contribution < 1.29 is 9.59 Å². The zero-order chi connectivity index (χ0) is 22.8. The second kappa shape index (κ2) is 8.66. The highest BCUT2D eigenvalue weighted by Crippen LogP contribution is 2.20. The van der Waals surface area contributed by atoms with Crippen molar-refractivity contribution in [2.75, 3.05) is 18.6 Å². The first-order chi connectivity index (χ1) is 15.3. The zero-order valence-electron chi connectivity index (χ0n) is 18.7. The van der Waals surface area contributed by atoms with Crippen LogP contribution in [0.2, 0.25) is 0 Å². The molecule has 8 nitrogen and oxygen atoms in total.